The molecule has 2 aromatic rings. The Kier molecular flexibility index (Phi) is 5.99. The number of nitrogens with one attached hydrogen (secondary N) is 3. The van der Waals surface area contributed by atoms with E-state index in [1.807, 2.05) is 0 Å². The summed E-state index contributed by atoms with van der Waals surface area (Å²) in [7, 11) is 0. The first kappa shape index (κ1) is 16.8. The fourth-order valence-corrected chi connectivity index (χ4v) is 2.15. The number of rotatable bonds is 6. The molecule has 0 atom stereocenters. The van der Waals surface area contributed by atoms with Crippen LogP contribution in [0.1, 0.15) is 15.9 Å². The summed E-state index contributed by atoms with van der Waals surface area (Å²) in [4.78, 5) is 26.4. The smallest absolute Gasteiger partial charge is 0.254 e. The summed E-state index contributed by atoms with van der Waals surface area (Å²) in [6.07, 6.45) is 1.81. The Morgan fingerprint density at radius 2 is 1.78 bits per heavy atom. The van der Waals surface area contributed by atoms with E-state index in [9.17, 15) is 14.0 Å². The van der Waals surface area contributed by atoms with Crippen molar-refractivity contribution in [3.8, 4) is 0 Å². The van der Waals surface area contributed by atoms with Crippen molar-refractivity contribution < 1.29 is 14.0 Å². The van der Waals surface area contributed by atoms with Crippen LogP contribution in [0.25, 0.3) is 0 Å². The third kappa shape index (κ3) is 5.30. The predicted octanol–water partition coefficient (Wildman–Crippen LogP) is 1.97. The lowest BCUT2D eigenvalue weighted by Gasteiger charge is -2.07. The van der Waals surface area contributed by atoms with Crippen molar-refractivity contribution in [1.29, 1.82) is 0 Å². The predicted molar refractivity (Wildman–Crippen MR) is 87.1 cm³/mol. The summed E-state index contributed by atoms with van der Waals surface area (Å²) < 4.78 is 13.1. The molecule has 1 heterocycles. The topological polar surface area (TPSA) is 74.0 Å². The van der Waals surface area contributed by atoms with Crippen LogP contribution in [0.5, 0.6) is 0 Å². The van der Waals surface area contributed by atoms with E-state index in [4.69, 9.17) is 12.2 Å². The number of aromatic amines is 1. The highest BCUT2D eigenvalue weighted by Gasteiger charge is 2.07. The summed E-state index contributed by atoms with van der Waals surface area (Å²) in [6.45, 7) is 0.590. The molecule has 2 rings (SSSR count). The van der Waals surface area contributed by atoms with Crippen LogP contribution >= 0.6 is 12.2 Å². The Hall–Kier alpha value is -2.54. The van der Waals surface area contributed by atoms with Crippen LogP contribution in [0.3, 0.4) is 0 Å². The zero-order valence-corrected chi connectivity index (χ0v) is 13.1. The third-order valence-electron chi connectivity index (χ3n) is 3.07. The fraction of sp³-hybridized carbons (Fsp3) is 0.188. The molecular weight excluding hydrogens is 317 g/mol. The Bertz CT molecular complexity index is 743. The first-order valence-corrected chi connectivity index (χ1v) is 7.44. The van der Waals surface area contributed by atoms with Gasteiger partial charge >= 0.3 is 0 Å². The summed E-state index contributed by atoms with van der Waals surface area (Å²) in [5.41, 5.74) is 1.11. The van der Waals surface area contributed by atoms with E-state index in [1.54, 1.807) is 30.5 Å². The average Bonchev–Trinajstić information content (AvgIpc) is 2.54. The first-order valence-electron chi connectivity index (χ1n) is 7.03. The van der Waals surface area contributed by atoms with Gasteiger partial charge in [-0.25, -0.2) is 4.39 Å². The molecule has 0 aliphatic rings. The van der Waals surface area contributed by atoms with E-state index < -0.39 is 0 Å². The Labute approximate surface area is 137 Å². The zero-order valence-electron chi connectivity index (χ0n) is 12.3. The number of amides is 2. The van der Waals surface area contributed by atoms with Gasteiger partial charge in [-0.1, -0.05) is 24.4 Å². The molecule has 120 valence electrons. The van der Waals surface area contributed by atoms with E-state index in [1.165, 1.54) is 12.1 Å². The van der Waals surface area contributed by atoms with Gasteiger partial charge in [0.2, 0.25) is 5.91 Å². The summed E-state index contributed by atoms with van der Waals surface area (Å²) in [6, 6.07) is 9.07. The zero-order chi connectivity index (χ0) is 16.7. The van der Waals surface area contributed by atoms with Gasteiger partial charge in [-0.05, 0) is 29.8 Å². The largest absolute Gasteiger partial charge is 0.354 e. The highest BCUT2D eigenvalue weighted by Crippen LogP contribution is 2.03. The molecule has 5 nitrogen and oxygen atoms in total. The van der Waals surface area contributed by atoms with Gasteiger partial charge in [-0.3, -0.25) is 9.59 Å². The number of hydrogen-bond acceptors (Lipinski definition) is 3. The number of H-pyrrole nitrogens is 1. The molecule has 0 fully saturated rings. The molecule has 0 aliphatic carbocycles. The Morgan fingerprint density at radius 1 is 1.09 bits per heavy atom. The monoisotopic (exact) mass is 333 g/mol. The maximum Gasteiger partial charge on any atom is 0.254 e. The highest BCUT2D eigenvalue weighted by molar-refractivity contribution is 7.71. The Morgan fingerprint density at radius 3 is 2.48 bits per heavy atom. The van der Waals surface area contributed by atoms with Crippen LogP contribution < -0.4 is 10.6 Å². The standard InChI is InChI=1S/C16H16FN3O2S/c17-12-5-3-11(4-6-12)10-14(21)18-8-9-19-15(22)13-2-1-7-20-16(13)23/h1-7H,8-10H2,(H,18,21)(H,19,22)(H,20,23). The maximum absolute atomic E-state index is 12.8. The summed E-state index contributed by atoms with van der Waals surface area (Å²) in [5.74, 6) is -0.821. The second-order valence-corrected chi connectivity index (χ2v) is 5.23. The molecule has 0 spiro atoms. The molecule has 0 radical (unpaired) electrons. The van der Waals surface area contributed by atoms with Crippen LogP contribution in [-0.4, -0.2) is 29.9 Å². The van der Waals surface area contributed by atoms with E-state index in [0.29, 0.717) is 16.7 Å². The van der Waals surface area contributed by atoms with Crippen LogP contribution in [0.15, 0.2) is 42.6 Å². The molecule has 0 saturated heterocycles. The molecule has 0 unspecified atom stereocenters. The van der Waals surface area contributed by atoms with Crippen molar-refractivity contribution in [3.05, 3.63) is 64.2 Å². The Balaban J connectivity index is 1.72. The van der Waals surface area contributed by atoms with E-state index >= 15 is 0 Å². The molecule has 7 heteroatoms. The lowest BCUT2D eigenvalue weighted by atomic mass is 10.1. The van der Waals surface area contributed by atoms with Crippen LogP contribution in [0, 0.1) is 10.5 Å². The van der Waals surface area contributed by atoms with Crippen LogP contribution in [-0.2, 0) is 11.2 Å². The highest BCUT2D eigenvalue weighted by atomic mass is 32.1. The molecule has 1 aromatic carbocycles. The SMILES string of the molecule is O=C(Cc1ccc(F)cc1)NCCNC(=O)c1ccc[nH]c1=S. The molecule has 2 amide bonds. The molecule has 0 aliphatic heterocycles. The van der Waals surface area contributed by atoms with E-state index in [2.05, 4.69) is 15.6 Å². The van der Waals surface area contributed by atoms with Gasteiger partial charge in [0.1, 0.15) is 10.5 Å². The van der Waals surface area contributed by atoms with Crippen LogP contribution in [0.2, 0.25) is 0 Å². The number of aromatic nitrogens is 1. The lowest BCUT2D eigenvalue weighted by molar-refractivity contribution is -0.120. The number of benzene rings is 1. The van der Waals surface area contributed by atoms with Gasteiger partial charge in [-0.2, -0.15) is 0 Å². The maximum atomic E-state index is 12.8. The van der Waals surface area contributed by atoms with Gasteiger partial charge in [0.25, 0.3) is 5.91 Å². The number of carbonyl (C=O) groups is 2. The van der Waals surface area contributed by atoms with Gasteiger partial charge in [0, 0.05) is 19.3 Å². The minimum Gasteiger partial charge on any atom is -0.354 e. The number of halogens is 1. The quantitative estimate of drug-likeness (QED) is 0.559. The molecule has 1 aromatic heterocycles. The molecule has 0 bridgehead atoms. The number of pyridine rings is 1. The van der Waals surface area contributed by atoms with E-state index in [0.717, 1.165) is 5.56 Å². The van der Waals surface area contributed by atoms with Crippen molar-refractivity contribution in [2.24, 2.45) is 0 Å². The molecule has 0 saturated carbocycles. The van der Waals surface area contributed by atoms with Gasteiger partial charge in [0.05, 0.1) is 12.0 Å². The van der Waals surface area contributed by atoms with Crippen molar-refractivity contribution in [2.75, 3.05) is 13.1 Å². The minimum atomic E-state index is -0.337. The summed E-state index contributed by atoms with van der Waals surface area (Å²) in [5, 5.41) is 5.36. The van der Waals surface area contributed by atoms with E-state index in [-0.39, 0.29) is 30.6 Å². The lowest BCUT2D eigenvalue weighted by Crippen LogP contribution is -2.35. The second kappa shape index (κ2) is 8.19. The number of carbonyl (C=O) groups excluding carboxylic acids is 2. The molecule has 23 heavy (non-hydrogen) atoms. The van der Waals surface area contributed by atoms with Gasteiger partial charge in [-0.15, -0.1) is 0 Å². The summed E-state index contributed by atoms with van der Waals surface area (Å²) >= 11 is 5.02. The van der Waals surface area contributed by atoms with Crippen molar-refractivity contribution in [1.82, 2.24) is 15.6 Å². The average molecular weight is 333 g/mol. The van der Waals surface area contributed by atoms with Crippen LogP contribution in [0.4, 0.5) is 4.39 Å². The van der Waals surface area contributed by atoms with Crippen molar-refractivity contribution in [2.45, 2.75) is 6.42 Å². The molecular formula is C16H16FN3O2S. The van der Waals surface area contributed by atoms with Crippen molar-refractivity contribution in [3.63, 3.8) is 0 Å². The second-order valence-electron chi connectivity index (χ2n) is 4.82. The normalized spacial score (nSPS) is 10.1. The van der Waals surface area contributed by atoms with Crippen molar-refractivity contribution >= 4 is 24.0 Å². The number of hydrogen-bond donors (Lipinski definition) is 3. The fourth-order valence-electron chi connectivity index (χ4n) is 1.92. The first-order chi connectivity index (χ1) is 11.1. The third-order valence-corrected chi connectivity index (χ3v) is 3.41. The minimum absolute atomic E-state index is 0.165. The van der Waals surface area contributed by atoms with Gasteiger partial charge in [0.15, 0.2) is 0 Å². The van der Waals surface area contributed by atoms with Gasteiger partial charge < -0.3 is 15.6 Å². The molecule has 3 N–H and O–H groups in total.